The summed E-state index contributed by atoms with van der Waals surface area (Å²) in [5.74, 6) is 1.12. The van der Waals surface area contributed by atoms with Crippen molar-refractivity contribution in [3.63, 3.8) is 0 Å². The van der Waals surface area contributed by atoms with Crippen LogP contribution in [0.2, 0.25) is 5.02 Å². The molecular formula is C19H30ClN3O2S. The molecule has 1 atom stereocenters. The molecule has 1 saturated heterocycles. The van der Waals surface area contributed by atoms with Crippen LogP contribution in [0.1, 0.15) is 45.6 Å². The van der Waals surface area contributed by atoms with Crippen LogP contribution < -0.4 is 10.6 Å². The number of guanidine groups is 1. The van der Waals surface area contributed by atoms with Gasteiger partial charge in [0.2, 0.25) is 0 Å². The lowest BCUT2D eigenvalue weighted by Crippen LogP contribution is -2.44. The average molecular weight is 400 g/mol. The van der Waals surface area contributed by atoms with Crippen LogP contribution in [-0.2, 0) is 15.3 Å². The van der Waals surface area contributed by atoms with Gasteiger partial charge in [-0.15, -0.1) is 0 Å². The van der Waals surface area contributed by atoms with Crippen molar-refractivity contribution >= 4 is 27.4 Å². The van der Waals surface area contributed by atoms with Crippen molar-refractivity contribution in [1.82, 2.24) is 10.6 Å². The molecule has 1 aliphatic heterocycles. The minimum absolute atomic E-state index is 0.0608. The van der Waals surface area contributed by atoms with Gasteiger partial charge in [-0.05, 0) is 43.9 Å². The lowest BCUT2D eigenvalue weighted by molar-refractivity contribution is 0.406. The van der Waals surface area contributed by atoms with Gasteiger partial charge in [-0.25, -0.2) is 8.42 Å². The van der Waals surface area contributed by atoms with Gasteiger partial charge < -0.3 is 10.6 Å². The number of hydrogen-bond acceptors (Lipinski definition) is 3. The fourth-order valence-corrected chi connectivity index (χ4v) is 5.23. The van der Waals surface area contributed by atoms with Gasteiger partial charge in [0, 0.05) is 23.0 Å². The second-order valence-electron chi connectivity index (χ2n) is 6.93. The van der Waals surface area contributed by atoms with Crippen LogP contribution in [0.5, 0.6) is 0 Å². The molecule has 2 N–H and O–H groups in total. The molecule has 0 aliphatic carbocycles. The minimum atomic E-state index is -2.91. The molecule has 1 aromatic carbocycles. The molecule has 7 heteroatoms. The summed E-state index contributed by atoms with van der Waals surface area (Å²) in [5, 5.41) is 7.27. The highest BCUT2D eigenvalue weighted by atomic mass is 35.5. The molecule has 0 saturated carbocycles. The Morgan fingerprint density at radius 2 is 1.88 bits per heavy atom. The molecule has 0 radical (unpaired) electrons. The highest BCUT2D eigenvalue weighted by Gasteiger charge is 2.30. The van der Waals surface area contributed by atoms with E-state index in [0.29, 0.717) is 18.9 Å². The molecule has 0 bridgehead atoms. The number of sulfone groups is 1. The van der Waals surface area contributed by atoms with Crippen LogP contribution >= 0.6 is 11.6 Å². The van der Waals surface area contributed by atoms with Gasteiger partial charge in [-0.1, -0.05) is 37.6 Å². The second-order valence-corrected chi connectivity index (χ2v) is 9.60. The predicted octanol–water partition coefficient (Wildman–Crippen LogP) is 3.14. The first kappa shape index (κ1) is 21.0. The zero-order valence-corrected chi connectivity index (χ0v) is 17.5. The first-order chi connectivity index (χ1) is 12.3. The highest BCUT2D eigenvalue weighted by molar-refractivity contribution is 7.91. The molecule has 5 nitrogen and oxygen atoms in total. The molecule has 0 aromatic heterocycles. The van der Waals surface area contributed by atoms with E-state index in [4.69, 9.17) is 16.6 Å². The Hall–Kier alpha value is -1.27. The predicted molar refractivity (Wildman–Crippen MR) is 110 cm³/mol. The van der Waals surface area contributed by atoms with Crippen molar-refractivity contribution in [2.24, 2.45) is 4.99 Å². The Morgan fingerprint density at radius 1 is 1.23 bits per heavy atom. The summed E-state index contributed by atoms with van der Waals surface area (Å²) in [7, 11) is -2.91. The molecule has 26 heavy (non-hydrogen) atoms. The van der Waals surface area contributed by atoms with Crippen LogP contribution in [0.4, 0.5) is 0 Å². The first-order valence-electron chi connectivity index (χ1n) is 9.35. The summed E-state index contributed by atoms with van der Waals surface area (Å²) >= 11 is 6.04. The Balaban J connectivity index is 2.17. The van der Waals surface area contributed by atoms with Crippen LogP contribution in [0.3, 0.4) is 0 Å². The van der Waals surface area contributed by atoms with Crippen LogP contribution in [-0.4, -0.2) is 45.0 Å². The fourth-order valence-electron chi connectivity index (χ4n) is 3.43. The molecule has 1 heterocycles. The third-order valence-electron chi connectivity index (χ3n) is 5.27. The van der Waals surface area contributed by atoms with E-state index in [1.165, 1.54) is 5.56 Å². The van der Waals surface area contributed by atoms with E-state index < -0.39 is 9.84 Å². The topological polar surface area (TPSA) is 70.6 Å². The number of nitrogens with one attached hydrogen (secondary N) is 2. The summed E-state index contributed by atoms with van der Waals surface area (Å²) in [6, 6.07) is 7.94. The lowest BCUT2D eigenvalue weighted by Gasteiger charge is -2.31. The maximum atomic E-state index is 11.7. The van der Waals surface area contributed by atoms with Crippen LogP contribution in [0, 0.1) is 0 Å². The summed E-state index contributed by atoms with van der Waals surface area (Å²) in [4.78, 5) is 4.80. The van der Waals surface area contributed by atoms with Gasteiger partial charge in [-0.3, -0.25) is 4.99 Å². The van der Waals surface area contributed by atoms with Gasteiger partial charge in [-0.2, -0.15) is 0 Å². The monoisotopic (exact) mass is 399 g/mol. The lowest BCUT2D eigenvalue weighted by atomic mass is 9.76. The number of benzene rings is 1. The molecule has 1 fully saturated rings. The zero-order chi connectivity index (χ0) is 19.2. The molecule has 0 spiro atoms. The molecule has 2 rings (SSSR count). The van der Waals surface area contributed by atoms with E-state index in [2.05, 4.69) is 36.6 Å². The SMILES string of the molecule is CCNC(=NCC(CC)(CC)c1ccc(Cl)cc1)NC1CCS(=O)(=O)C1. The van der Waals surface area contributed by atoms with Crippen molar-refractivity contribution in [2.45, 2.75) is 51.5 Å². The van der Waals surface area contributed by atoms with E-state index >= 15 is 0 Å². The third kappa shape index (κ3) is 5.36. The molecule has 1 unspecified atom stereocenters. The Morgan fingerprint density at radius 3 is 2.38 bits per heavy atom. The van der Waals surface area contributed by atoms with Gasteiger partial charge in [0.15, 0.2) is 15.8 Å². The average Bonchev–Trinajstić information content (AvgIpc) is 2.96. The maximum Gasteiger partial charge on any atom is 0.191 e. The van der Waals surface area contributed by atoms with E-state index in [0.717, 1.165) is 24.4 Å². The third-order valence-corrected chi connectivity index (χ3v) is 7.29. The van der Waals surface area contributed by atoms with Gasteiger partial charge in [0.05, 0.1) is 18.1 Å². The molecule has 1 aromatic rings. The summed E-state index contributed by atoms with van der Waals surface area (Å²) in [6.07, 6.45) is 2.56. The Bertz CT molecular complexity index is 713. The molecule has 1 aliphatic rings. The standard InChI is InChI=1S/C19H30ClN3O2S/c1-4-19(5-2,15-7-9-16(20)10-8-15)14-22-18(21-6-3)23-17-11-12-26(24,25)13-17/h7-10,17H,4-6,11-14H2,1-3H3,(H2,21,22,23). The van der Waals surface area contributed by atoms with Crippen molar-refractivity contribution < 1.29 is 8.42 Å². The quantitative estimate of drug-likeness (QED) is 0.545. The van der Waals surface area contributed by atoms with Gasteiger partial charge >= 0.3 is 0 Å². The zero-order valence-electron chi connectivity index (χ0n) is 15.9. The fraction of sp³-hybridized carbons (Fsp3) is 0.632. The van der Waals surface area contributed by atoms with Gasteiger partial charge in [0.25, 0.3) is 0 Å². The number of halogens is 1. The highest BCUT2D eigenvalue weighted by Crippen LogP contribution is 2.32. The summed E-state index contributed by atoms with van der Waals surface area (Å²) in [5.41, 5.74) is 1.17. The number of rotatable bonds is 7. The Labute approximate surface area is 162 Å². The van der Waals surface area contributed by atoms with E-state index in [9.17, 15) is 8.42 Å². The van der Waals surface area contributed by atoms with E-state index in [1.807, 2.05) is 19.1 Å². The summed E-state index contributed by atoms with van der Waals surface area (Å²) < 4.78 is 23.4. The normalized spacial score (nSPS) is 20.2. The number of hydrogen-bond donors (Lipinski definition) is 2. The largest absolute Gasteiger partial charge is 0.357 e. The smallest absolute Gasteiger partial charge is 0.191 e. The maximum absolute atomic E-state index is 11.7. The molecule has 146 valence electrons. The van der Waals surface area contributed by atoms with Gasteiger partial charge in [0.1, 0.15) is 0 Å². The van der Waals surface area contributed by atoms with E-state index in [-0.39, 0.29) is 23.0 Å². The van der Waals surface area contributed by atoms with Crippen molar-refractivity contribution in [3.05, 3.63) is 34.9 Å². The molecule has 0 amide bonds. The van der Waals surface area contributed by atoms with E-state index in [1.54, 1.807) is 0 Å². The number of nitrogens with zero attached hydrogens (tertiary/aromatic N) is 1. The van der Waals surface area contributed by atoms with Crippen molar-refractivity contribution in [3.8, 4) is 0 Å². The number of aliphatic imine (C=N–C) groups is 1. The van der Waals surface area contributed by atoms with Crippen molar-refractivity contribution in [1.29, 1.82) is 0 Å². The Kier molecular flexibility index (Phi) is 7.35. The molecular weight excluding hydrogens is 370 g/mol. The minimum Gasteiger partial charge on any atom is -0.357 e. The van der Waals surface area contributed by atoms with Crippen molar-refractivity contribution in [2.75, 3.05) is 24.6 Å². The second kappa shape index (κ2) is 9.09. The first-order valence-corrected chi connectivity index (χ1v) is 11.6. The van der Waals surface area contributed by atoms with Crippen LogP contribution in [0.25, 0.3) is 0 Å². The summed E-state index contributed by atoms with van der Waals surface area (Å²) in [6.45, 7) is 7.73. The van der Waals surface area contributed by atoms with Crippen LogP contribution in [0.15, 0.2) is 29.3 Å².